The van der Waals surface area contributed by atoms with Gasteiger partial charge in [-0.05, 0) is 30.5 Å². The monoisotopic (exact) mass is 174 g/mol. The summed E-state index contributed by atoms with van der Waals surface area (Å²) in [7, 11) is 0. The van der Waals surface area contributed by atoms with Gasteiger partial charge in [0.05, 0.1) is 0 Å². The van der Waals surface area contributed by atoms with Gasteiger partial charge < -0.3 is 0 Å². The van der Waals surface area contributed by atoms with E-state index in [1.165, 1.54) is 11.1 Å². The van der Waals surface area contributed by atoms with Gasteiger partial charge >= 0.3 is 0 Å². The van der Waals surface area contributed by atoms with Crippen LogP contribution in [0.25, 0.3) is 0 Å². The Morgan fingerprint density at radius 1 is 1.38 bits per heavy atom. The number of carbonyl (C=O) groups is 1. The Kier molecular flexibility index (Phi) is 3.44. The first kappa shape index (κ1) is 9.72. The summed E-state index contributed by atoms with van der Waals surface area (Å²) >= 11 is 0. The molecule has 0 radical (unpaired) electrons. The molecule has 0 atom stereocenters. The van der Waals surface area contributed by atoms with E-state index in [1.807, 2.05) is 25.1 Å². The molecule has 0 spiro atoms. The van der Waals surface area contributed by atoms with E-state index in [2.05, 4.69) is 19.1 Å². The van der Waals surface area contributed by atoms with E-state index >= 15 is 0 Å². The van der Waals surface area contributed by atoms with Crippen LogP contribution in [0.4, 0.5) is 0 Å². The van der Waals surface area contributed by atoms with Gasteiger partial charge in [0.25, 0.3) is 0 Å². The Balaban J connectivity index is 2.85. The van der Waals surface area contributed by atoms with Crippen LogP contribution in [-0.2, 0) is 11.2 Å². The Bertz CT molecular complexity index is 324. The highest BCUT2D eigenvalue weighted by Gasteiger charge is 1.99. The lowest BCUT2D eigenvalue weighted by atomic mass is 10.0. The SMILES string of the molecule is C/C=C(/C=O)Cc1ccccc1C. The van der Waals surface area contributed by atoms with Crippen molar-refractivity contribution in [2.75, 3.05) is 0 Å². The fraction of sp³-hybridized carbons (Fsp3) is 0.250. The molecule has 1 heteroatoms. The number of hydrogen-bond donors (Lipinski definition) is 0. The van der Waals surface area contributed by atoms with Crippen LogP contribution in [0.5, 0.6) is 0 Å². The van der Waals surface area contributed by atoms with Crippen molar-refractivity contribution in [3.63, 3.8) is 0 Å². The maximum Gasteiger partial charge on any atom is 0.146 e. The maximum atomic E-state index is 10.6. The third-order valence-electron chi connectivity index (χ3n) is 2.18. The summed E-state index contributed by atoms with van der Waals surface area (Å²) in [4.78, 5) is 10.6. The molecule has 0 fully saturated rings. The number of benzene rings is 1. The molecule has 0 aliphatic rings. The zero-order chi connectivity index (χ0) is 9.68. The first-order valence-corrected chi connectivity index (χ1v) is 4.42. The Morgan fingerprint density at radius 2 is 2.08 bits per heavy atom. The van der Waals surface area contributed by atoms with E-state index in [1.54, 1.807) is 0 Å². The Labute approximate surface area is 79.1 Å². The first-order valence-electron chi connectivity index (χ1n) is 4.42. The number of hydrogen-bond acceptors (Lipinski definition) is 1. The fourth-order valence-corrected chi connectivity index (χ4v) is 1.24. The van der Waals surface area contributed by atoms with Gasteiger partial charge in [-0.25, -0.2) is 0 Å². The van der Waals surface area contributed by atoms with Crippen molar-refractivity contribution in [3.05, 3.63) is 47.0 Å². The van der Waals surface area contributed by atoms with Crippen LogP contribution in [0.2, 0.25) is 0 Å². The predicted octanol–water partition coefficient (Wildman–Crippen LogP) is 2.68. The van der Waals surface area contributed by atoms with Gasteiger partial charge in [-0.1, -0.05) is 30.3 Å². The zero-order valence-electron chi connectivity index (χ0n) is 8.08. The topological polar surface area (TPSA) is 17.1 Å². The molecule has 0 aliphatic heterocycles. The summed E-state index contributed by atoms with van der Waals surface area (Å²) in [6.45, 7) is 3.95. The summed E-state index contributed by atoms with van der Waals surface area (Å²) in [6, 6.07) is 8.13. The lowest BCUT2D eigenvalue weighted by Gasteiger charge is -2.03. The van der Waals surface area contributed by atoms with E-state index in [-0.39, 0.29) is 0 Å². The molecule has 0 heterocycles. The van der Waals surface area contributed by atoms with E-state index in [9.17, 15) is 4.79 Å². The molecule has 1 aromatic carbocycles. The molecule has 0 aromatic heterocycles. The normalized spacial score (nSPS) is 11.4. The van der Waals surface area contributed by atoms with Crippen LogP contribution in [0.3, 0.4) is 0 Å². The molecule has 13 heavy (non-hydrogen) atoms. The van der Waals surface area contributed by atoms with Gasteiger partial charge in [-0.15, -0.1) is 0 Å². The lowest BCUT2D eigenvalue weighted by molar-refractivity contribution is -0.105. The molecule has 0 saturated heterocycles. The van der Waals surface area contributed by atoms with Crippen molar-refractivity contribution in [2.24, 2.45) is 0 Å². The smallest absolute Gasteiger partial charge is 0.146 e. The van der Waals surface area contributed by atoms with Gasteiger partial charge in [0, 0.05) is 6.42 Å². The van der Waals surface area contributed by atoms with Crippen molar-refractivity contribution in [1.82, 2.24) is 0 Å². The zero-order valence-corrected chi connectivity index (χ0v) is 8.08. The molecule has 0 saturated carbocycles. The summed E-state index contributed by atoms with van der Waals surface area (Å²) in [5.74, 6) is 0. The van der Waals surface area contributed by atoms with E-state index in [0.717, 1.165) is 18.3 Å². The summed E-state index contributed by atoms with van der Waals surface area (Å²) in [5, 5.41) is 0. The van der Waals surface area contributed by atoms with Crippen LogP contribution in [0.1, 0.15) is 18.1 Å². The molecule has 0 unspecified atom stereocenters. The van der Waals surface area contributed by atoms with E-state index in [0.29, 0.717) is 0 Å². The van der Waals surface area contributed by atoms with Crippen molar-refractivity contribution < 1.29 is 4.79 Å². The van der Waals surface area contributed by atoms with Gasteiger partial charge in [0.1, 0.15) is 6.29 Å². The number of carbonyl (C=O) groups excluding carboxylic acids is 1. The van der Waals surface area contributed by atoms with Crippen LogP contribution in [0.15, 0.2) is 35.9 Å². The molecule has 0 N–H and O–H groups in total. The van der Waals surface area contributed by atoms with Gasteiger partial charge in [0.2, 0.25) is 0 Å². The highest BCUT2D eigenvalue weighted by atomic mass is 16.1. The molecular weight excluding hydrogens is 160 g/mol. The van der Waals surface area contributed by atoms with Gasteiger partial charge in [-0.3, -0.25) is 4.79 Å². The fourth-order valence-electron chi connectivity index (χ4n) is 1.24. The van der Waals surface area contributed by atoms with Gasteiger partial charge in [-0.2, -0.15) is 0 Å². The molecule has 1 aromatic rings. The van der Waals surface area contributed by atoms with Crippen molar-refractivity contribution >= 4 is 6.29 Å². The quantitative estimate of drug-likeness (QED) is 0.508. The van der Waals surface area contributed by atoms with Crippen LogP contribution >= 0.6 is 0 Å². The summed E-state index contributed by atoms with van der Waals surface area (Å²) < 4.78 is 0. The lowest BCUT2D eigenvalue weighted by Crippen LogP contribution is -1.93. The first-order chi connectivity index (χ1) is 6.27. The minimum atomic E-state index is 0.743. The summed E-state index contributed by atoms with van der Waals surface area (Å²) in [6.07, 6.45) is 3.53. The van der Waals surface area contributed by atoms with Crippen molar-refractivity contribution in [1.29, 1.82) is 0 Å². The second-order valence-corrected chi connectivity index (χ2v) is 3.08. The largest absolute Gasteiger partial charge is 0.298 e. The van der Waals surface area contributed by atoms with Crippen LogP contribution in [0, 0.1) is 6.92 Å². The number of allylic oxidation sites excluding steroid dienone is 2. The minimum absolute atomic E-state index is 0.743. The average molecular weight is 174 g/mol. The number of aryl methyl sites for hydroxylation is 1. The molecule has 0 aliphatic carbocycles. The molecular formula is C12H14O. The van der Waals surface area contributed by atoms with Crippen LogP contribution in [-0.4, -0.2) is 6.29 Å². The number of aldehydes is 1. The standard InChI is InChI=1S/C12H14O/c1-3-11(9-13)8-12-7-5-4-6-10(12)2/h3-7,9H,8H2,1-2H3/b11-3+. The predicted molar refractivity (Wildman–Crippen MR) is 54.7 cm³/mol. The van der Waals surface area contributed by atoms with Gasteiger partial charge in [0.15, 0.2) is 0 Å². The van der Waals surface area contributed by atoms with E-state index in [4.69, 9.17) is 0 Å². The Morgan fingerprint density at radius 3 is 2.62 bits per heavy atom. The number of rotatable bonds is 3. The minimum Gasteiger partial charge on any atom is -0.298 e. The van der Waals surface area contributed by atoms with Crippen LogP contribution < -0.4 is 0 Å². The second kappa shape index (κ2) is 4.61. The van der Waals surface area contributed by atoms with E-state index < -0.39 is 0 Å². The average Bonchev–Trinajstić information content (AvgIpc) is 2.17. The highest BCUT2D eigenvalue weighted by molar-refractivity contribution is 5.73. The molecule has 0 bridgehead atoms. The molecule has 0 amide bonds. The van der Waals surface area contributed by atoms with Crippen molar-refractivity contribution in [3.8, 4) is 0 Å². The summed E-state index contributed by atoms with van der Waals surface area (Å²) in [5.41, 5.74) is 3.31. The maximum absolute atomic E-state index is 10.6. The molecule has 1 rings (SSSR count). The third-order valence-corrected chi connectivity index (χ3v) is 2.18. The second-order valence-electron chi connectivity index (χ2n) is 3.08. The Hall–Kier alpha value is -1.37. The molecule has 1 nitrogen and oxygen atoms in total. The highest BCUT2D eigenvalue weighted by Crippen LogP contribution is 2.11. The molecule has 68 valence electrons. The third kappa shape index (κ3) is 2.55. The van der Waals surface area contributed by atoms with Crippen molar-refractivity contribution in [2.45, 2.75) is 20.3 Å².